The maximum atomic E-state index is 13.4. The van der Waals surface area contributed by atoms with Gasteiger partial charge in [-0.2, -0.15) is 0 Å². The molecule has 0 radical (unpaired) electrons. The molecule has 164 valence electrons. The molecule has 0 unspecified atom stereocenters. The number of carbonyl (C=O) groups is 1. The summed E-state index contributed by atoms with van der Waals surface area (Å²) in [4.78, 5) is 13.8. The van der Waals surface area contributed by atoms with Gasteiger partial charge in [0.25, 0.3) is 0 Å². The van der Waals surface area contributed by atoms with E-state index in [0.29, 0.717) is 23.7 Å². The van der Waals surface area contributed by atoms with Crippen LogP contribution in [0.4, 0.5) is 4.39 Å². The first-order valence-electron chi connectivity index (χ1n) is 10.1. The molecule has 0 fully saturated rings. The Kier molecular flexibility index (Phi) is 7.34. The van der Waals surface area contributed by atoms with Crippen molar-refractivity contribution in [2.24, 2.45) is 0 Å². The van der Waals surface area contributed by atoms with Gasteiger partial charge in [0.15, 0.2) is 5.16 Å². The Balaban J connectivity index is 1.63. The molecule has 2 aromatic heterocycles. The Morgan fingerprint density at radius 3 is 2.56 bits per heavy atom. The minimum atomic E-state index is -0.671. The summed E-state index contributed by atoms with van der Waals surface area (Å²) in [6.45, 7) is 0.678. The van der Waals surface area contributed by atoms with Crippen molar-refractivity contribution < 1.29 is 13.9 Å². The lowest BCUT2D eigenvalue weighted by Gasteiger charge is -2.16. The number of aryl methyl sites for hydroxylation is 1. The molecule has 0 aliphatic carbocycles. The van der Waals surface area contributed by atoms with E-state index in [-0.39, 0.29) is 5.82 Å². The summed E-state index contributed by atoms with van der Waals surface area (Å²) in [7, 11) is 1.35. The fraction of sp³-hybridized carbons (Fsp3) is 0.208. The van der Waals surface area contributed by atoms with Crippen LogP contribution in [-0.2, 0) is 28.9 Å². The van der Waals surface area contributed by atoms with Crippen molar-refractivity contribution in [3.8, 4) is 0 Å². The maximum absolute atomic E-state index is 13.4. The standard InChI is InChI=1S/C24H22FN3O2S2/c1-30-23(29)22(18-9-11-19(25)12-10-18)32-24-27-26-21(16-20-8-5-15-31-20)28(24)14-13-17-6-3-2-4-7-17/h2-12,15,22H,13-14,16H2,1H3/t22-/m1/s1. The molecule has 4 aromatic rings. The number of thioether (sulfide) groups is 1. The third-order valence-corrected chi connectivity index (χ3v) is 7.07. The molecule has 0 amide bonds. The summed E-state index contributed by atoms with van der Waals surface area (Å²) in [5.41, 5.74) is 1.86. The number of hydrogen-bond donors (Lipinski definition) is 0. The Morgan fingerprint density at radius 1 is 1.09 bits per heavy atom. The van der Waals surface area contributed by atoms with E-state index in [0.717, 1.165) is 12.2 Å². The number of esters is 1. The second-order valence-electron chi connectivity index (χ2n) is 7.11. The molecule has 5 nitrogen and oxygen atoms in total. The predicted molar refractivity (Wildman–Crippen MR) is 124 cm³/mol. The molecule has 0 bridgehead atoms. The lowest BCUT2D eigenvalue weighted by Crippen LogP contribution is -2.14. The van der Waals surface area contributed by atoms with Gasteiger partial charge in [-0.1, -0.05) is 60.3 Å². The molecule has 32 heavy (non-hydrogen) atoms. The molecule has 0 aliphatic rings. The smallest absolute Gasteiger partial charge is 0.323 e. The van der Waals surface area contributed by atoms with Crippen LogP contribution in [0.25, 0.3) is 0 Å². The highest BCUT2D eigenvalue weighted by molar-refractivity contribution is 8.00. The number of thiophene rings is 1. The van der Waals surface area contributed by atoms with E-state index in [9.17, 15) is 9.18 Å². The van der Waals surface area contributed by atoms with Gasteiger partial charge in [-0.3, -0.25) is 4.79 Å². The van der Waals surface area contributed by atoms with Gasteiger partial charge in [-0.05, 0) is 41.1 Å². The highest BCUT2D eigenvalue weighted by atomic mass is 32.2. The lowest BCUT2D eigenvalue weighted by molar-refractivity contribution is -0.140. The molecular weight excluding hydrogens is 445 g/mol. The van der Waals surface area contributed by atoms with E-state index in [2.05, 4.69) is 33.0 Å². The second kappa shape index (κ2) is 10.6. The van der Waals surface area contributed by atoms with Crippen LogP contribution in [0, 0.1) is 5.82 Å². The number of rotatable bonds is 9. The quantitative estimate of drug-likeness (QED) is 0.246. The number of benzene rings is 2. The molecule has 8 heteroatoms. The third kappa shape index (κ3) is 5.44. The molecule has 0 saturated carbocycles. The van der Waals surface area contributed by atoms with Gasteiger partial charge in [0.05, 0.1) is 7.11 Å². The van der Waals surface area contributed by atoms with Crippen molar-refractivity contribution in [3.05, 3.63) is 99.8 Å². The molecule has 0 spiro atoms. The molecule has 1 atom stereocenters. The van der Waals surface area contributed by atoms with Gasteiger partial charge in [-0.15, -0.1) is 21.5 Å². The minimum absolute atomic E-state index is 0.355. The van der Waals surface area contributed by atoms with Crippen LogP contribution in [0.2, 0.25) is 0 Å². The third-order valence-electron chi connectivity index (χ3n) is 4.98. The van der Waals surface area contributed by atoms with Gasteiger partial charge in [-0.25, -0.2) is 4.39 Å². The molecule has 2 aromatic carbocycles. The lowest BCUT2D eigenvalue weighted by atomic mass is 10.1. The molecular formula is C24H22FN3O2S2. The second-order valence-corrected chi connectivity index (χ2v) is 9.22. The van der Waals surface area contributed by atoms with Gasteiger partial charge in [0.1, 0.15) is 16.9 Å². The largest absolute Gasteiger partial charge is 0.468 e. The zero-order chi connectivity index (χ0) is 22.3. The normalized spacial score (nSPS) is 11.9. The predicted octanol–water partition coefficient (Wildman–Crippen LogP) is 5.32. The summed E-state index contributed by atoms with van der Waals surface area (Å²) in [5.74, 6) is 0.0688. The van der Waals surface area contributed by atoms with Crippen LogP contribution in [0.1, 0.15) is 27.1 Å². The molecule has 4 rings (SSSR count). The van der Waals surface area contributed by atoms with Crippen LogP contribution in [0.15, 0.2) is 77.3 Å². The first kappa shape index (κ1) is 22.2. The average molecular weight is 468 g/mol. The summed E-state index contributed by atoms with van der Waals surface area (Å²) in [6.07, 6.45) is 1.47. The highest BCUT2D eigenvalue weighted by Gasteiger charge is 2.26. The van der Waals surface area contributed by atoms with Crippen LogP contribution < -0.4 is 0 Å². The summed E-state index contributed by atoms with van der Waals surface area (Å²) < 4.78 is 20.5. The molecule has 2 heterocycles. The van der Waals surface area contributed by atoms with Crippen molar-refractivity contribution in [1.29, 1.82) is 0 Å². The van der Waals surface area contributed by atoms with Crippen LogP contribution in [-0.4, -0.2) is 27.8 Å². The zero-order valence-corrected chi connectivity index (χ0v) is 19.1. The maximum Gasteiger partial charge on any atom is 0.323 e. The van der Waals surface area contributed by atoms with Crippen LogP contribution in [0.3, 0.4) is 0 Å². The fourth-order valence-corrected chi connectivity index (χ4v) is 5.13. The minimum Gasteiger partial charge on any atom is -0.468 e. The fourth-order valence-electron chi connectivity index (χ4n) is 3.32. The van der Waals surface area contributed by atoms with E-state index in [1.807, 2.05) is 29.6 Å². The molecule has 0 N–H and O–H groups in total. The zero-order valence-electron chi connectivity index (χ0n) is 17.5. The summed E-state index contributed by atoms with van der Waals surface area (Å²) in [5, 5.41) is 10.8. The van der Waals surface area contributed by atoms with Crippen molar-refractivity contribution in [2.75, 3.05) is 7.11 Å². The van der Waals surface area contributed by atoms with Gasteiger partial charge in [0, 0.05) is 17.8 Å². The number of hydrogen-bond acceptors (Lipinski definition) is 6. The van der Waals surface area contributed by atoms with Crippen LogP contribution >= 0.6 is 23.1 Å². The number of methoxy groups -OCH3 is 1. The number of aromatic nitrogens is 3. The van der Waals surface area contributed by atoms with Gasteiger partial charge in [0.2, 0.25) is 0 Å². The Hall–Kier alpha value is -2.97. The SMILES string of the molecule is COC(=O)[C@H](Sc1nnc(Cc2cccs2)n1CCc1ccccc1)c1ccc(F)cc1. The average Bonchev–Trinajstić information content (AvgIpc) is 3.47. The molecule has 0 saturated heterocycles. The monoisotopic (exact) mass is 467 g/mol. The van der Waals surface area contributed by atoms with Gasteiger partial charge >= 0.3 is 5.97 Å². The number of halogens is 1. The highest BCUT2D eigenvalue weighted by Crippen LogP contribution is 2.36. The van der Waals surface area contributed by atoms with Crippen molar-refractivity contribution in [3.63, 3.8) is 0 Å². The number of ether oxygens (including phenoxy) is 1. The Bertz CT molecular complexity index is 1150. The van der Waals surface area contributed by atoms with E-state index >= 15 is 0 Å². The van der Waals surface area contributed by atoms with E-state index < -0.39 is 11.2 Å². The number of nitrogens with zero attached hydrogens (tertiary/aromatic N) is 3. The Labute approximate surface area is 194 Å². The van der Waals surface area contributed by atoms with Crippen LogP contribution in [0.5, 0.6) is 0 Å². The van der Waals surface area contributed by atoms with Crippen molar-refractivity contribution in [2.45, 2.75) is 29.8 Å². The molecule has 0 aliphatic heterocycles. The van der Waals surface area contributed by atoms with Gasteiger partial charge < -0.3 is 9.30 Å². The summed E-state index contributed by atoms with van der Waals surface area (Å²) in [6, 6.07) is 20.2. The van der Waals surface area contributed by atoms with Crippen molar-refractivity contribution in [1.82, 2.24) is 14.8 Å². The first-order chi connectivity index (χ1) is 15.6. The number of carbonyl (C=O) groups excluding carboxylic acids is 1. The van der Waals surface area contributed by atoms with Crippen molar-refractivity contribution >= 4 is 29.1 Å². The topological polar surface area (TPSA) is 57.0 Å². The Morgan fingerprint density at radius 2 is 1.88 bits per heavy atom. The first-order valence-corrected chi connectivity index (χ1v) is 11.9. The van der Waals surface area contributed by atoms with E-state index in [4.69, 9.17) is 4.74 Å². The van der Waals surface area contributed by atoms with E-state index in [1.54, 1.807) is 23.5 Å². The van der Waals surface area contributed by atoms with E-state index in [1.165, 1.54) is 41.4 Å². The summed E-state index contributed by atoms with van der Waals surface area (Å²) >= 11 is 2.94.